The highest BCUT2D eigenvalue weighted by atomic mass is 32.2. The van der Waals surface area contributed by atoms with Gasteiger partial charge in [-0.05, 0) is 30.2 Å². The monoisotopic (exact) mass is 421 g/mol. The van der Waals surface area contributed by atoms with Crippen molar-refractivity contribution in [2.45, 2.75) is 25.9 Å². The fourth-order valence-electron chi connectivity index (χ4n) is 2.85. The van der Waals surface area contributed by atoms with Gasteiger partial charge >= 0.3 is 0 Å². The van der Waals surface area contributed by atoms with Gasteiger partial charge < -0.3 is 10.1 Å². The predicted molar refractivity (Wildman–Crippen MR) is 109 cm³/mol. The SMILES string of the molecule is CC[C@@H](C(=O)NCc1ccc(OC)cc1)N(c1cccc([N+](=O)[O-])c1)S(C)(=O)=O. The van der Waals surface area contributed by atoms with Crippen LogP contribution in [0.2, 0.25) is 0 Å². The van der Waals surface area contributed by atoms with E-state index in [1.54, 1.807) is 38.3 Å². The van der Waals surface area contributed by atoms with E-state index in [0.717, 1.165) is 22.2 Å². The second-order valence-electron chi connectivity index (χ2n) is 6.33. The minimum absolute atomic E-state index is 0.0631. The molecule has 2 rings (SSSR count). The zero-order valence-electron chi connectivity index (χ0n) is 16.4. The highest BCUT2D eigenvalue weighted by Gasteiger charge is 2.32. The van der Waals surface area contributed by atoms with Crippen LogP contribution in [0.5, 0.6) is 5.75 Å². The summed E-state index contributed by atoms with van der Waals surface area (Å²) in [6.45, 7) is 1.87. The summed E-state index contributed by atoms with van der Waals surface area (Å²) in [6.07, 6.45) is 1.15. The van der Waals surface area contributed by atoms with Crippen LogP contribution in [-0.2, 0) is 21.4 Å². The molecule has 2 aromatic carbocycles. The zero-order chi connectivity index (χ0) is 21.6. The fraction of sp³-hybridized carbons (Fsp3) is 0.316. The highest BCUT2D eigenvalue weighted by Crippen LogP contribution is 2.26. The molecule has 0 bridgehead atoms. The Hall–Kier alpha value is -3.14. The van der Waals surface area contributed by atoms with E-state index in [9.17, 15) is 23.3 Å². The third kappa shape index (κ3) is 5.67. The van der Waals surface area contributed by atoms with Gasteiger partial charge in [0.1, 0.15) is 11.8 Å². The molecule has 2 aromatic rings. The Morgan fingerprint density at radius 2 is 1.90 bits per heavy atom. The molecule has 0 aliphatic carbocycles. The number of rotatable bonds is 9. The van der Waals surface area contributed by atoms with E-state index < -0.39 is 26.9 Å². The summed E-state index contributed by atoms with van der Waals surface area (Å²) in [7, 11) is -2.32. The number of hydrogen-bond acceptors (Lipinski definition) is 6. The lowest BCUT2D eigenvalue weighted by molar-refractivity contribution is -0.384. The van der Waals surface area contributed by atoms with Crippen LogP contribution in [0.1, 0.15) is 18.9 Å². The molecular weight excluding hydrogens is 398 g/mol. The van der Waals surface area contributed by atoms with Crippen LogP contribution in [0.3, 0.4) is 0 Å². The Balaban J connectivity index is 2.26. The Labute approximate surface area is 169 Å². The van der Waals surface area contributed by atoms with Crippen LogP contribution in [-0.4, -0.2) is 38.7 Å². The number of anilines is 1. The van der Waals surface area contributed by atoms with Gasteiger partial charge in [-0.15, -0.1) is 0 Å². The van der Waals surface area contributed by atoms with Crippen molar-refractivity contribution >= 4 is 27.3 Å². The topological polar surface area (TPSA) is 119 Å². The average molecular weight is 421 g/mol. The van der Waals surface area contributed by atoms with Crippen molar-refractivity contribution < 1.29 is 22.9 Å². The number of amides is 1. The molecule has 156 valence electrons. The number of nitro groups is 1. The normalized spacial score (nSPS) is 12.1. The van der Waals surface area contributed by atoms with E-state index in [-0.39, 0.29) is 24.3 Å². The van der Waals surface area contributed by atoms with Crippen LogP contribution < -0.4 is 14.4 Å². The van der Waals surface area contributed by atoms with Gasteiger partial charge in [-0.1, -0.05) is 25.1 Å². The molecule has 0 saturated carbocycles. The van der Waals surface area contributed by atoms with Crippen molar-refractivity contribution in [3.63, 3.8) is 0 Å². The van der Waals surface area contributed by atoms with Crippen LogP contribution in [0, 0.1) is 10.1 Å². The quantitative estimate of drug-likeness (QED) is 0.491. The maximum Gasteiger partial charge on any atom is 0.271 e. The second kappa shape index (κ2) is 9.37. The van der Waals surface area contributed by atoms with E-state index in [4.69, 9.17) is 4.74 Å². The molecule has 1 N–H and O–H groups in total. The molecule has 0 saturated heterocycles. The molecule has 29 heavy (non-hydrogen) atoms. The standard InChI is InChI=1S/C19H23N3O6S/c1-4-18(19(23)20-13-14-8-10-17(28-2)11-9-14)21(29(3,26)27)15-6-5-7-16(12-15)22(24)25/h5-12,18H,4,13H2,1-3H3,(H,20,23)/t18-/m0/s1. The first-order valence-corrected chi connectivity index (χ1v) is 10.7. The molecule has 0 aliphatic heterocycles. The molecule has 0 aromatic heterocycles. The summed E-state index contributed by atoms with van der Waals surface area (Å²) in [4.78, 5) is 23.2. The summed E-state index contributed by atoms with van der Waals surface area (Å²) in [5, 5.41) is 13.8. The number of nitrogens with one attached hydrogen (secondary N) is 1. The number of hydrogen-bond donors (Lipinski definition) is 1. The fourth-order valence-corrected chi connectivity index (χ4v) is 4.06. The van der Waals surface area contributed by atoms with E-state index in [0.29, 0.717) is 5.75 Å². The van der Waals surface area contributed by atoms with Crippen molar-refractivity contribution in [2.75, 3.05) is 17.7 Å². The maximum absolute atomic E-state index is 12.8. The maximum atomic E-state index is 12.8. The zero-order valence-corrected chi connectivity index (χ0v) is 17.2. The third-order valence-electron chi connectivity index (χ3n) is 4.25. The van der Waals surface area contributed by atoms with Gasteiger partial charge in [0, 0.05) is 18.7 Å². The summed E-state index contributed by atoms with van der Waals surface area (Å²) < 4.78 is 30.9. The van der Waals surface area contributed by atoms with Crippen molar-refractivity contribution in [1.82, 2.24) is 5.32 Å². The average Bonchev–Trinajstić information content (AvgIpc) is 2.69. The lowest BCUT2D eigenvalue weighted by Crippen LogP contribution is -2.49. The van der Waals surface area contributed by atoms with Gasteiger partial charge in [-0.25, -0.2) is 8.42 Å². The molecule has 0 spiro atoms. The summed E-state index contributed by atoms with van der Waals surface area (Å²) in [6, 6.07) is 11.2. The Kier molecular flexibility index (Phi) is 7.16. The second-order valence-corrected chi connectivity index (χ2v) is 8.19. The van der Waals surface area contributed by atoms with Crippen LogP contribution in [0.4, 0.5) is 11.4 Å². The number of nitrogens with zero attached hydrogens (tertiary/aromatic N) is 2. The number of nitro benzene ring substituents is 1. The molecule has 10 heteroatoms. The van der Waals surface area contributed by atoms with Crippen molar-refractivity contribution in [3.8, 4) is 5.75 Å². The summed E-state index contributed by atoms with van der Waals surface area (Å²) >= 11 is 0. The number of benzene rings is 2. The van der Waals surface area contributed by atoms with Gasteiger partial charge in [-0.3, -0.25) is 19.2 Å². The third-order valence-corrected chi connectivity index (χ3v) is 5.43. The number of ether oxygens (including phenoxy) is 1. The number of sulfonamides is 1. The van der Waals surface area contributed by atoms with Crippen LogP contribution in [0.25, 0.3) is 0 Å². The number of non-ortho nitro benzene ring substituents is 1. The molecule has 0 radical (unpaired) electrons. The van der Waals surface area contributed by atoms with Crippen molar-refractivity contribution in [3.05, 3.63) is 64.2 Å². The molecular formula is C19H23N3O6S. The van der Waals surface area contributed by atoms with Gasteiger partial charge in [-0.2, -0.15) is 0 Å². The first-order chi connectivity index (χ1) is 13.7. The molecule has 0 heterocycles. The van der Waals surface area contributed by atoms with E-state index in [1.807, 2.05) is 0 Å². The number of carbonyl (C=O) groups excluding carboxylic acids is 1. The summed E-state index contributed by atoms with van der Waals surface area (Å²) in [5.41, 5.74) is 0.619. The van der Waals surface area contributed by atoms with Crippen LogP contribution in [0.15, 0.2) is 48.5 Å². The Morgan fingerprint density at radius 1 is 1.24 bits per heavy atom. The minimum Gasteiger partial charge on any atom is -0.497 e. The minimum atomic E-state index is -3.88. The molecule has 1 amide bonds. The van der Waals surface area contributed by atoms with Gasteiger partial charge in [0.05, 0.1) is 24.0 Å². The smallest absolute Gasteiger partial charge is 0.271 e. The molecule has 9 nitrogen and oxygen atoms in total. The largest absolute Gasteiger partial charge is 0.497 e. The van der Waals surface area contributed by atoms with E-state index >= 15 is 0 Å². The Bertz CT molecular complexity index is 976. The van der Waals surface area contributed by atoms with Crippen LogP contribution >= 0.6 is 0 Å². The van der Waals surface area contributed by atoms with Gasteiger partial charge in [0.15, 0.2) is 0 Å². The first-order valence-electron chi connectivity index (χ1n) is 8.82. The first kappa shape index (κ1) is 22.2. The predicted octanol–water partition coefficient (Wildman–Crippen LogP) is 2.46. The lowest BCUT2D eigenvalue weighted by atomic mass is 10.1. The lowest BCUT2D eigenvalue weighted by Gasteiger charge is -2.30. The number of carbonyl (C=O) groups is 1. The van der Waals surface area contributed by atoms with E-state index in [2.05, 4.69) is 5.32 Å². The summed E-state index contributed by atoms with van der Waals surface area (Å²) in [5.74, 6) is 0.181. The highest BCUT2D eigenvalue weighted by molar-refractivity contribution is 7.92. The van der Waals surface area contributed by atoms with E-state index in [1.165, 1.54) is 18.2 Å². The molecule has 0 unspecified atom stereocenters. The van der Waals surface area contributed by atoms with Crippen molar-refractivity contribution in [2.24, 2.45) is 0 Å². The van der Waals surface area contributed by atoms with Crippen molar-refractivity contribution in [1.29, 1.82) is 0 Å². The molecule has 1 atom stereocenters. The molecule has 0 aliphatic rings. The molecule has 0 fully saturated rings. The Morgan fingerprint density at radius 3 is 2.41 bits per heavy atom. The number of methoxy groups -OCH3 is 1. The van der Waals surface area contributed by atoms with Gasteiger partial charge in [0.25, 0.3) is 5.69 Å². The van der Waals surface area contributed by atoms with Gasteiger partial charge in [0.2, 0.25) is 15.9 Å².